The van der Waals surface area contributed by atoms with Crippen LogP contribution in [0.4, 0.5) is 4.79 Å². The van der Waals surface area contributed by atoms with Gasteiger partial charge in [-0.1, -0.05) is 30.3 Å². The van der Waals surface area contributed by atoms with Crippen molar-refractivity contribution in [2.24, 2.45) is 11.8 Å². The van der Waals surface area contributed by atoms with Crippen LogP contribution in [-0.2, 0) is 5.54 Å². The van der Waals surface area contributed by atoms with E-state index in [0.717, 1.165) is 44.7 Å². The van der Waals surface area contributed by atoms with Crippen molar-refractivity contribution >= 4 is 6.03 Å². The predicted molar refractivity (Wildman–Crippen MR) is 97.9 cm³/mol. The number of hydrogen-bond donors (Lipinski definition) is 2. The summed E-state index contributed by atoms with van der Waals surface area (Å²) >= 11 is 0. The van der Waals surface area contributed by atoms with Gasteiger partial charge in [0.25, 0.3) is 0 Å². The Morgan fingerprint density at radius 3 is 2.04 bits per heavy atom. The average molecular weight is 329 g/mol. The number of carbonyl (C=O) groups is 1. The summed E-state index contributed by atoms with van der Waals surface area (Å²) in [6.45, 7) is 1.64. The zero-order chi connectivity index (χ0) is 17.0. The lowest BCUT2D eigenvalue weighted by molar-refractivity contribution is 0.0775. The Morgan fingerprint density at radius 2 is 1.54 bits per heavy atom. The molecule has 0 aromatic heterocycles. The summed E-state index contributed by atoms with van der Waals surface area (Å²) in [5.41, 5.74) is 1.56. The van der Waals surface area contributed by atoms with Gasteiger partial charge in [0.05, 0.1) is 0 Å². The van der Waals surface area contributed by atoms with Gasteiger partial charge in [0.15, 0.2) is 0 Å². The molecule has 2 saturated carbocycles. The molecule has 0 spiro atoms. The van der Waals surface area contributed by atoms with E-state index in [9.17, 15) is 4.79 Å². The largest absolute Gasteiger partial charge is 0.338 e. The van der Waals surface area contributed by atoms with Crippen LogP contribution in [0.2, 0.25) is 0 Å². The van der Waals surface area contributed by atoms with Crippen molar-refractivity contribution < 1.29 is 4.79 Å². The fourth-order valence-electron chi connectivity index (χ4n) is 3.96. The van der Waals surface area contributed by atoms with Crippen molar-refractivity contribution in [2.75, 3.05) is 27.2 Å². The van der Waals surface area contributed by atoms with E-state index in [1.165, 1.54) is 18.4 Å². The number of benzene rings is 1. The van der Waals surface area contributed by atoms with Crippen LogP contribution < -0.4 is 10.6 Å². The molecular formula is C20H31N3O. The van der Waals surface area contributed by atoms with E-state index >= 15 is 0 Å². The summed E-state index contributed by atoms with van der Waals surface area (Å²) in [7, 11) is 4.38. The fourth-order valence-corrected chi connectivity index (χ4v) is 3.96. The maximum atomic E-state index is 11.8. The molecule has 2 N–H and O–H groups in total. The molecule has 0 aliphatic heterocycles. The molecule has 0 atom stereocenters. The lowest BCUT2D eigenvalue weighted by atomic mass is 9.72. The second-order valence-electron chi connectivity index (χ2n) is 7.77. The number of nitrogens with one attached hydrogen (secondary N) is 2. The number of nitrogens with zero attached hydrogens (tertiary/aromatic N) is 1. The zero-order valence-corrected chi connectivity index (χ0v) is 15.1. The van der Waals surface area contributed by atoms with Gasteiger partial charge in [-0.05, 0) is 70.0 Å². The van der Waals surface area contributed by atoms with Crippen LogP contribution in [0.5, 0.6) is 0 Å². The molecule has 24 heavy (non-hydrogen) atoms. The quantitative estimate of drug-likeness (QED) is 0.841. The minimum atomic E-state index is 0.00871. The summed E-state index contributed by atoms with van der Waals surface area (Å²) in [5, 5.41) is 6.05. The van der Waals surface area contributed by atoms with E-state index in [1.54, 1.807) is 0 Å². The molecule has 2 aliphatic carbocycles. The van der Waals surface area contributed by atoms with Crippen molar-refractivity contribution in [1.29, 1.82) is 0 Å². The van der Waals surface area contributed by atoms with Gasteiger partial charge in [-0.15, -0.1) is 0 Å². The zero-order valence-electron chi connectivity index (χ0n) is 15.1. The second-order valence-corrected chi connectivity index (χ2v) is 7.77. The molecule has 0 unspecified atom stereocenters. The maximum Gasteiger partial charge on any atom is 0.314 e. The lowest BCUT2D eigenvalue weighted by Gasteiger charge is -2.45. The molecule has 4 nitrogen and oxygen atoms in total. The molecule has 1 aromatic rings. The summed E-state index contributed by atoms with van der Waals surface area (Å²) in [5.74, 6) is 1.32. The van der Waals surface area contributed by atoms with Gasteiger partial charge >= 0.3 is 6.03 Å². The molecule has 0 heterocycles. The Kier molecular flexibility index (Phi) is 5.44. The summed E-state index contributed by atoms with van der Waals surface area (Å²) in [6, 6.07) is 10.9. The highest BCUT2D eigenvalue weighted by molar-refractivity contribution is 5.73. The number of carbonyl (C=O) groups excluding carboxylic acids is 1. The van der Waals surface area contributed by atoms with E-state index in [0.29, 0.717) is 5.92 Å². The first kappa shape index (κ1) is 17.3. The van der Waals surface area contributed by atoms with E-state index in [1.807, 2.05) is 0 Å². The van der Waals surface area contributed by atoms with Gasteiger partial charge in [-0.3, -0.25) is 4.90 Å². The number of rotatable bonds is 6. The molecule has 2 amide bonds. The molecule has 0 bridgehead atoms. The van der Waals surface area contributed by atoms with E-state index in [2.05, 4.69) is 60.0 Å². The maximum absolute atomic E-state index is 11.8. The van der Waals surface area contributed by atoms with Crippen LogP contribution in [0.3, 0.4) is 0 Å². The van der Waals surface area contributed by atoms with Gasteiger partial charge < -0.3 is 10.6 Å². The third kappa shape index (κ3) is 4.10. The Labute approximate surface area is 146 Å². The van der Waals surface area contributed by atoms with Gasteiger partial charge in [-0.2, -0.15) is 0 Å². The minimum Gasteiger partial charge on any atom is -0.338 e. The molecule has 1 aromatic carbocycles. The fraction of sp³-hybridized carbons (Fsp3) is 0.650. The van der Waals surface area contributed by atoms with Crippen LogP contribution >= 0.6 is 0 Å². The topological polar surface area (TPSA) is 44.4 Å². The second kappa shape index (κ2) is 7.56. The number of amides is 2. The Balaban J connectivity index is 1.49. The van der Waals surface area contributed by atoms with Crippen LogP contribution in [0.25, 0.3) is 0 Å². The van der Waals surface area contributed by atoms with Crippen molar-refractivity contribution in [3.8, 4) is 0 Å². The normalized spacial score (nSPS) is 27.0. The highest BCUT2D eigenvalue weighted by atomic mass is 16.2. The third-order valence-electron chi connectivity index (χ3n) is 5.90. The van der Waals surface area contributed by atoms with Crippen LogP contribution in [-0.4, -0.2) is 38.1 Å². The van der Waals surface area contributed by atoms with Gasteiger partial charge in [0, 0.05) is 18.6 Å². The number of urea groups is 1. The van der Waals surface area contributed by atoms with E-state index in [4.69, 9.17) is 0 Å². The summed E-state index contributed by atoms with van der Waals surface area (Å²) < 4.78 is 0. The highest BCUT2D eigenvalue weighted by Crippen LogP contribution is 2.42. The van der Waals surface area contributed by atoms with Crippen LogP contribution in [0.1, 0.15) is 44.1 Å². The van der Waals surface area contributed by atoms with Gasteiger partial charge in [0.1, 0.15) is 0 Å². The van der Waals surface area contributed by atoms with Crippen molar-refractivity contribution in [1.82, 2.24) is 15.5 Å². The standard InChI is InChI=1S/C20H31N3O/c1-23(2)20(18-6-4-3-5-7-18)12-10-17(11-13-20)15-22-19(24)21-14-16-8-9-16/h3-7,16-17H,8-15H2,1-2H3,(H2,21,22,24). The average Bonchev–Trinajstić information content (AvgIpc) is 3.43. The minimum absolute atomic E-state index is 0.00871. The first-order chi connectivity index (χ1) is 11.6. The first-order valence-corrected chi connectivity index (χ1v) is 9.35. The van der Waals surface area contributed by atoms with Crippen molar-refractivity contribution in [3.05, 3.63) is 35.9 Å². The molecule has 0 radical (unpaired) electrons. The van der Waals surface area contributed by atoms with Gasteiger partial charge in [-0.25, -0.2) is 4.79 Å². The van der Waals surface area contributed by atoms with E-state index < -0.39 is 0 Å². The SMILES string of the molecule is CN(C)C1(c2ccccc2)CCC(CNC(=O)NCC2CC2)CC1. The Hall–Kier alpha value is -1.55. The molecule has 0 saturated heterocycles. The van der Waals surface area contributed by atoms with E-state index in [-0.39, 0.29) is 11.6 Å². The molecular weight excluding hydrogens is 298 g/mol. The molecule has 2 fully saturated rings. The third-order valence-corrected chi connectivity index (χ3v) is 5.90. The monoisotopic (exact) mass is 329 g/mol. The molecule has 4 heteroatoms. The van der Waals surface area contributed by atoms with Gasteiger partial charge in [0.2, 0.25) is 0 Å². The molecule has 3 rings (SSSR count). The highest BCUT2D eigenvalue weighted by Gasteiger charge is 2.38. The summed E-state index contributed by atoms with van der Waals surface area (Å²) in [4.78, 5) is 14.2. The Bertz CT molecular complexity index is 531. The smallest absolute Gasteiger partial charge is 0.314 e. The molecule has 132 valence electrons. The van der Waals surface area contributed by atoms with Crippen molar-refractivity contribution in [3.63, 3.8) is 0 Å². The Morgan fingerprint density at radius 1 is 1.00 bits per heavy atom. The molecule has 2 aliphatic rings. The van der Waals surface area contributed by atoms with Crippen LogP contribution in [0, 0.1) is 11.8 Å². The van der Waals surface area contributed by atoms with Crippen LogP contribution in [0.15, 0.2) is 30.3 Å². The summed E-state index contributed by atoms with van der Waals surface area (Å²) in [6.07, 6.45) is 7.18. The number of hydrogen-bond acceptors (Lipinski definition) is 2. The lowest BCUT2D eigenvalue weighted by Crippen LogP contribution is -2.46. The first-order valence-electron chi connectivity index (χ1n) is 9.35. The van der Waals surface area contributed by atoms with Crippen molar-refractivity contribution in [2.45, 2.75) is 44.1 Å². The predicted octanol–water partition coefficient (Wildman–Crippen LogP) is 3.34.